The highest BCUT2D eigenvalue weighted by atomic mass is 79.9. The van der Waals surface area contributed by atoms with Crippen molar-refractivity contribution in [2.45, 2.75) is 6.61 Å². The Balaban J connectivity index is 2.16. The smallest absolute Gasteiger partial charge is 0.314 e. The highest BCUT2D eigenvalue weighted by Gasteiger charge is 2.16. The molecule has 0 spiro atoms. The maximum absolute atomic E-state index is 11.0. The van der Waals surface area contributed by atoms with Gasteiger partial charge in [-0.25, -0.2) is 0 Å². The zero-order chi connectivity index (χ0) is 14.5. The van der Waals surface area contributed by atoms with Crippen LogP contribution in [0.25, 0.3) is 0 Å². The zero-order valence-corrected chi connectivity index (χ0v) is 12.2. The standard InChI is InChI=1S/C13H11BrN2O4/c1-19-11-4-5-13(12(6-11)16(17)18)20-8-10-3-2-9(14)7-15-10/h2-7H,8H2,1H3. The van der Waals surface area contributed by atoms with Gasteiger partial charge < -0.3 is 9.47 Å². The average Bonchev–Trinajstić information content (AvgIpc) is 2.46. The van der Waals surface area contributed by atoms with Gasteiger partial charge in [0.25, 0.3) is 0 Å². The lowest BCUT2D eigenvalue weighted by atomic mass is 10.3. The molecule has 6 nitrogen and oxygen atoms in total. The molecular weight excluding hydrogens is 328 g/mol. The van der Waals surface area contributed by atoms with Crippen molar-refractivity contribution in [2.75, 3.05) is 7.11 Å². The molecule has 7 heteroatoms. The van der Waals surface area contributed by atoms with Crippen molar-refractivity contribution >= 4 is 21.6 Å². The number of nitro groups is 1. The highest BCUT2D eigenvalue weighted by molar-refractivity contribution is 9.10. The van der Waals surface area contributed by atoms with Crippen LogP contribution in [0, 0.1) is 10.1 Å². The number of pyridine rings is 1. The van der Waals surface area contributed by atoms with Crippen LogP contribution in [0.15, 0.2) is 41.0 Å². The summed E-state index contributed by atoms with van der Waals surface area (Å²) in [5.74, 6) is 0.589. The predicted octanol–water partition coefficient (Wildman–Crippen LogP) is 3.34. The number of nitro benzene ring substituents is 1. The summed E-state index contributed by atoms with van der Waals surface area (Å²) in [5.41, 5.74) is 0.541. The molecule has 104 valence electrons. The molecule has 2 rings (SSSR count). The quantitative estimate of drug-likeness (QED) is 0.617. The lowest BCUT2D eigenvalue weighted by molar-refractivity contribution is -0.386. The first-order valence-electron chi connectivity index (χ1n) is 5.66. The first-order valence-corrected chi connectivity index (χ1v) is 6.45. The van der Waals surface area contributed by atoms with E-state index in [0.29, 0.717) is 11.4 Å². The maximum atomic E-state index is 11.0. The Hall–Kier alpha value is -2.15. The van der Waals surface area contributed by atoms with Gasteiger partial charge in [-0.05, 0) is 40.2 Å². The van der Waals surface area contributed by atoms with Gasteiger partial charge in [-0.1, -0.05) is 0 Å². The average molecular weight is 339 g/mol. The number of hydrogen-bond donors (Lipinski definition) is 0. The first-order chi connectivity index (χ1) is 9.60. The van der Waals surface area contributed by atoms with E-state index in [4.69, 9.17) is 9.47 Å². The largest absolute Gasteiger partial charge is 0.496 e. The molecule has 1 heterocycles. The van der Waals surface area contributed by atoms with E-state index in [1.807, 2.05) is 6.07 Å². The minimum Gasteiger partial charge on any atom is -0.496 e. The van der Waals surface area contributed by atoms with Crippen LogP contribution in [0.3, 0.4) is 0 Å². The number of aromatic nitrogens is 1. The van der Waals surface area contributed by atoms with E-state index in [1.54, 1.807) is 18.3 Å². The molecule has 0 bridgehead atoms. The molecular formula is C13H11BrN2O4. The van der Waals surface area contributed by atoms with Gasteiger partial charge in [0, 0.05) is 10.7 Å². The predicted molar refractivity (Wildman–Crippen MR) is 75.9 cm³/mol. The van der Waals surface area contributed by atoms with Crippen LogP contribution in [0.4, 0.5) is 5.69 Å². The van der Waals surface area contributed by atoms with Gasteiger partial charge in [0.05, 0.1) is 23.8 Å². The molecule has 0 aliphatic rings. The molecule has 0 saturated carbocycles. The second-order valence-corrected chi connectivity index (χ2v) is 4.76. The Morgan fingerprint density at radius 1 is 1.35 bits per heavy atom. The van der Waals surface area contributed by atoms with Crippen LogP contribution in [-0.2, 0) is 6.61 Å². The molecule has 0 amide bonds. The molecule has 0 aliphatic carbocycles. The number of benzene rings is 1. The Bertz CT molecular complexity index is 616. The summed E-state index contributed by atoms with van der Waals surface area (Å²) in [5, 5.41) is 11.0. The number of rotatable bonds is 5. The lowest BCUT2D eigenvalue weighted by Gasteiger charge is -2.07. The second-order valence-electron chi connectivity index (χ2n) is 3.85. The van der Waals surface area contributed by atoms with Crippen LogP contribution in [-0.4, -0.2) is 17.0 Å². The van der Waals surface area contributed by atoms with Crippen molar-refractivity contribution in [1.29, 1.82) is 0 Å². The van der Waals surface area contributed by atoms with E-state index in [9.17, 15) is 10.1 Å². The molecule has 0 radical (unpaired) electrons. The van der Waals surface area contributed by atoms with E-state index in [-0.39, 0.29) is 18.0 Å². The van der Waals surface area contributed by atoms with Crippen LogP contribution >= 0.6 is 15.9 Å². The third-order valence-electron chi connectivity index (χ3n) is 2.53. The maximum Gasteiger partial charge on any atom is 0.314 e. The fourth-order valence-corrected chi connectivity index (χ4v) is 1.77. The van der Waals surface area contributed by atoms with E-state index in [2.05, 4.69) is 20.9 Å². The van der Waals surface area contributed by atoms with Crippen molar-refractivity contribution in [1.82, 2.24) is 4.98 Å². The molecule has 0 aliphatic heterocycles. The summed E-state index contributed by atoms with van der Waals surface area (Å²) in [7, 11) is 1.45. The van der Waals surface area contributed by atoms with Crippen molar-refractivity contribution < 1.29 is 14.4 Å². The monoisotopic (exact) mass is 338 g/mol. The molecule has 2 aromatic rings. The molecule has 0 atom stereocenters. The molecule has 0 saturated heterocycles. The van der Waals surface area contributed by atoms with E-state index in [1.165, 1.54) is 19.2 Å². The number of ether oxygens (including phenoxy) is 2. The molecule has 1 aromatic heterocycles. The summed E-state index contributed by atoms with van der Waals surface area (Å²) < 4.78 is 11.3. The minimum absolute atomic E-state index is 0.138. The number of halogens is 1. The third kappa shape index (κ3) is 3.45. The summed E-state index contributed by atoms with van der Waals surface area (Å²) in [6.45, 7) is 0.153. The molecule has 0 N–H and O–H groups in total. The fourth-order valence-electron chi connectivity index (χ4n) is 1.53. The van der Waals surface area contributed by atoms with Crippen LogP contribution in [0.5, 0.6) is 11.5 Å². The third-order valence-corrected chi connectivity index (χ3v) is 3.00. The van der Waals surface area contributed by atoms with Gasteiger partial charge in [-0.3, -0.25) is 15.1 Å². The topological polar surface area (TPSA) is 74.5 Å². The summed E-state index contributed by atoms with van der Waals surface area (Å²) >= 11 is 3.28. The Morgan fingerprint density at radius 2 is 2.15 bits per heavy atom. The van der Waals surface area contributed by atoms with Crippen molar-refractivity contribution in [3.8, 4) is 11.5 Å². The van der Waals surface area contributed by atoms with Crippen LogP contribution in [0.1, 0.15) is 5.69 Å². The Morgan fingerprint density at radius 3 is 2.75 bits per heavy atom. The van der Waals surface area contributed by atoms with Crippen molar-refractivity contribution in [3.63, 3.8) is 0 Å². The normalized spacial score (nSPS) is 10.1. The zero-order valence-electron chi connectivity index (χ0n) is 10.6. The SMILES string of the molecule is COc1ccc(OCc2ccc(Br)cn2)c([N+](=O)[O-])c1. The first kappa shape index (κ1) is 14.3. The van der Waals surface area contributed by atoms with Gasteiger partial charge in [0.2, 0.25) is 0 Å². The second kappa shape index (κ2) is 6.33. The lowest BCUT2D eigenvalue weighted by Crippen LogP contribution is -2.01. The Kier molecular flexibility index (Phi) is 4.52. The Labute approximate surface area is 123 Å². The van der Waals surface area contributed by atoms with Gasteiger partial charge in [0.1, 0.15) is 12.4 Å². The van der Waals surface area contributed by atoms with Gasteiger partial charge in [-0.2, -0.15) is 0 Å². The number of hydrogen-bond acceptors (Lipinski definition) is 5. The van der Waals surface area contributed by atoms with Gasteiger partial charge >= 0.3 is 5.69 Å². The van der Waals surface area contributed by atoms with Crippen LogP contribution in [0.2, 0.25) is 0 Å². The highest BCUT2D eigenvalue weighted by Crippen LogP contribution is 2.31. The molecule has 0 fully saturated rings. The summed E-state index contributed by atoms with van der Waals surface area (Å²) in [6.07, 6.45) is 1.64. The van der Waals surface area contributed by atoms with Gasteiger partial charge in [-0.15, -0.1) is 0 Å². The van der Waals surface area contributed by atoms with Crippen molar-refractivity contribution in [3.05, 3.63) is 56.8 Å². The number of nitrogens with zero attached hydrogens (tertiary/aromatic N) is 2. The molecule has 1 aromatic carbocycles. The van der Waals surface area contributed by atoms with Gasteiger partial charge in [0.15, 0.2) is 5.75 Å². The van der Waals surface area contributed by atoms with Crippen LogP contribution < -0.4 is 9.47 Å². The fraction of sp³-hybridized carbons (Fsp3) is 0.154. The molecule has 0 unspecified atom stereocenters. The summed E-state index contributed by atoms with van der Waals surface area (Å²) in [6, 6.07) is 8.05. The van der Waals surface area contributed by atoms with E-state index >= 15 is 0 Å². The summed E-state index contributed by atoms with van der Waals surface area (Å²) in [4.78, 5) is 14.6. The molecule has 20 heavy (non-hydrogen) atoms. The van der Waals surface area contributed by atoms with E-state index < -0.39 is 4.92 Å². The van der Waals surface area contributed by atoms with Crippen molar-refractivity contribution in [2.24, 2.45) is 0 Å². The minimum atomic E-state index is -0.507. The van der Waals surface area contributed by atoms with E-state index in [0.717, 1.165) is 4.47 Å². The number of methoxy groups -OCH3 is 1.